The summed E-state index contributed by atoms with van der Waals surface area (Å²) >= 11 is 0. The Morgan fingerprint density at radius 1 is 1.19 bits per heavy atom. The van der Waals surface area contributed by atoms with Gasteiger partial charge in [0.05, 0.1) is 18.6 Å². The molecule has 0 aliphatic rings. The third kappa shape index (κ3) is 9.36. The van der Waals surface area contributed by atoms with Crippen LogP contribution in [0.4, 0.5) is 0 Å². The zero-order chi connectivity index (χ0) is 24.1. The summed E-state index contributed by atoms with van der Waals surface area (Å²) in [6.07, 6.45) is 2.21. The first-order valence-corrected chi connectivity index (χ1v) is 11.2. The summed E-state index contributed by atoms with van der Waals surface area (Å²) in [5, 5.41) is 16.1. The van der Waals surface area contributed by atoms with E-state index in [2.05, 4.69) is 10.6 Å². The number of aryl methyl sites for hydroxylation is 1. The number of ether oxygens (including phenoxy) is 1. The van der Waals surface area contributed by atoms with Gasteiger partial charge in [0.25, 0.3) is 0 Å². The van der Waals surface area contributed by atoms with E-state index in [1.165, 1.54) is 0 Å². The van der Waals surface area contributed by atoms with Crippen molar-refractivity contribution in [3.8, 4) is 0 Å². The van der Waals surface area contributed by atoms with Gasteiger partial charge in [0, 0.05) is 13.2 Å². The first-order chi connectivity index (χ1) is 15.1. The molecule has 3 unspecified atom stereocenters. The van der Waals surface area contributed by atoms with E-state index >= 15 is 0 Å². The molecule has 0 spiro atoms. The molecule has 3 amide bonds. The van der Waals surface area contributed by atoms with Gasteiger partial charge in [-0.25, -0.2) is 5.06 Å². The third-order valence-corrected chi connectivity index (χ3v) is 5.43. The van der Waals surface area contributed by atoms with Crippen LogP contribution in [-0.4, -0.2) is 60.3 Å². The van der Waals surface area contributed by atoms with Crippen molar-refractivity contribution in [2.24, 2.45) is 11.3 Å². The zero-order valence-corrected chi connectivity index (χ0v) is 20.0. The van der Waals surface area contributed by atoms with Gasteiger partial charge in [0.1, 0.15) is 6.04 Å². The molecular formula is C24H39N3O5. The van der Waals surface area contributed by atoms with E-state index in [-0.39, 0.29) is 11.8 Å². The highest BCUT2D eigenvalue weighted by Gasteiger charge is 2.36. The Balaban J connectivity index is 2.88. The number of carbonyl (C=O) groups is 3. The Labute approximate surface area is 191 Å². The Morgan fingerprint density at radius 2 is 1.84 bits per heavy atom. The molecular weight excluding hydrogens is 410 g/mol. The minimum absolute atomic E-state index is 0.294. The Morgan fingerprint density at radius 3 is 2.41 bits per heavy atom. The molecule has 0 heterocycles. The minimum atomic E-state index is -0.774. The highest BCUT2D eigenvalue weighted by molar-refractivity contribution is 5.89. The van der Waals surface area contributed by atoms with Crippen molar-refractivity contribution in [3.63, 3.8) is 0 Å². The van der Waals surface area contributed by atoms with Crippen molar-refractivity contribution >= 4 is 18.2 Å². The number of hydrogen-bond acceptors (Lipinski definition) is 5. The molecule has 0 aromatic heterocycles. The van der Waals surface area contributed by atoms with E-state index in [0.29, 0.717) is 44.1 Å². The molecule has 8 heteroatoms. The second-order valence-electron chi connectivity index (χ2n) is 9.01. The molecule has 0 bridgehead atoms. The van der Waals surface area contributed by atoms with Gasteiger partial charge in [-0.15, -0.1) is 0 Å². The molecule has 0 radical (unpaired) electrons. The molecule has 0 aliphatic heterocycles. The number of benzene rings is 1. The van der Waals surface area contributed by atoms with Crippen molar-refractivity contribution in [1.29, 1.82) is 0 Å². The van der Waals surface area contributed by atoms with Crippen LogP contribution < -0.4 is 10.6 Å². The standard InChI is InChI=1S/C24H39N3O5/c1-6-32-16-15-25-23(30)21(24(3,4)5)26-22(29)20(18(2)27(31)17-28)14-10-13-19-11-8-7-9-12-19/h7-9,11-12,17-18,20-21,31H,6,10,13-16H2,1-5H3,(H,25,30)(H,26,29). The fourth-order valence-electron chi connectivity index (χ4n) is 3.46. The molecule has 0 saturated carbocycles. The first-order valence-electron chi connectivity index (χ1n) is 11.2. The van der Waals surface area contributed by atoms with Gasteiger partial charge in [0.15, 0.2) is 0 Å². The van der Waals surface area contributed by atoms with Crippen molar-refractivity contribution < 1.29 is 24.3 Å². The molecule has 3 atom stereocenters. The topological polar surface area (TPSA) is 108 Å². The quantitative estimate of drug-likeness (QED) is 0.175. The zero-order valence-electron chi connectivity index (χ0n) is 20.0. The number of nitrogens with zero attached hydrogens (tertiary/aromatic N) is 1. The van der Waals surface area contributed by atoms with Crippen molar-refractivity contribution in [1.82, 2.24) is 15.7 Å². The summed E-state index contributed by atoms with van der Waals surface area (Å²) in [6, 6.07) is 8.40. The highest BCUT2D eigenvalue weighted by atomic mass is 16.5. The lowest BCUT2D eigenvalue weighted by Crippen LogP contribution is -2.56. The van der Waals surface area contributed by atoms with Crippen molar-refractivity contribution in [2.45, 2.75) is 66.0 Å². The van der Waals surface area contributed by atoms with E-state index in [4.69, 9.17) is 4.74 Å². The van der Waals surface area contributed by atoms with E-state index < -0.39 is 23.4 Å². The third-order valence-electron chi connectivity index (χ3n) is 5.43. The summed E-state index contributed by atoms with van der Waals surface area (Å²) in [4.78, 5) is 37.1. The second-order valence-corrected chi connectivity index (χ2v) is 9.01. The summed E-state index contributed by atoms with van der Waals surface area (Å²) in [5.74, 6) is -1.33. The SMILES string of the molecule is CCOCCNC(=O)C(NC(=O)C(CCCc1ccccc1)C(C)N(O)C=O)C(C)(C)C. The average Bonchev–Trinajstić information content (AvgIpc) is 2.76. The summed E-state index contributed by atoms with van der Waals surface area (Å²) in [7, 11) is 0. The number of amides is 3. The molecule has 0 aliphatic carbocycles. The smallest absolute Gasteiger partial charge is 0.243 e. The van der Waals surface area contributed by atoms with Crippen LogP contribution in [0.1, 0.15) is 53.0 Å². The van der Waals surface area contributed by atoms with E-state index in [0.717, 1.165) is 12.0 Å². The van der Waals surface area contributed by atoms with E-state index in [1.54, 1.807) is 6.92 Å². The maximum Gasteiger partial charge on any atom is 0.243 e. The number of hydroxylamine groups is 2. The maximum absolute atomic E-state index is 13.2. The first kappa shape index (κ1) is 27.6. The Hall–Kier alpha value is -2.45. The lowest BCUT2D eigenvalue weighted by atomic mass is 9.84. The predicted octanol–water partition coefficient (Wildman–Crippen LogP) is 2.55. The van der Waals surface area contributed by atoms with Crippen LogP contribution in [-0.2, 0) is 25.5 Å². The fraction of sp³-hybridized carbons (Fsp3) is 0.625. The van der Waals surface area contributed by atoms with Crippen LogP contribution in [0.25, 0.3) is 0 Å². The van der Waals surface area contributed by atoms with Crippen LogP contribution in [0.3, 0.4) is 0 Å². The van der Waals surface area contributed by atoms with Crippen LogP contribution >= 0.6 is 0 Å². The van der Waals surface area contributed by atoms with Crippen molar-refractivity contribution in [2.75, 3.05) is 19.8 Å². The minimum Gasteiger partial charge on any atom is -0.380 e. The number of rotatable bonds is 14. The number of nitrogens with one attached hydrogen (secondary N) is 2. The molecule has 0 fully saturated rings. The molecule has 1 rings (SSSR count). The van der Waals surface area contributed by atoms with Crippen LogP contribution in [0, 0.1) is 11.3 Å². The van der Waals surface area contributed by atoms with E-state index in [9.17, 15) is 19.6 Å². The molecule has 0 saturated heterocycles. The average molecular weight is 450 g/mol. The Kier molecular flexibility index (Phi) is 11.9. The molecule has 8 nitrogen and oxygen atoms in total. The molecule has 180 valence electrons. The van der Waals surface area contributed by atoms with Gasteiger partial charge in [0.2, 0.25) is 18.2 Å². The van der Waals surface area contributed by atoms with E-state index in [1.807, 2.05) is 58.0 Å². The number of hydrogen-bond donors (Lipinski definition) is 3. The van der Waals surface area contributed by atoms with Gasteiger partial charge in [-0.3, -0.25) is 19.6 Å². The fourth-order valence-corrected chi connectivity index (χ4v) is 3.46. The molecule has 1 aromatic rings. The lowest BCUT2D eigenvalue weighted by Gasteiger charge is -2.33. The van der Waals surface area contributed by atoms with Gasteiger partial charge in [-0.2, -0.15) is 0 Å². The largest absolute Gasteiger partial charge is 0.380 e. The summed E-state index contributed by atoms with van der Waals surface area (Å²) < 4.78 is 5.25. The Bertz CT molecular complexity index is 705. The van der Waals surface area contributed by atoms with Crippen LogP contribution in [0.2, 0.25) is 0 Å². The van der Waals surface area contributed by atoms with Crippen molar-refractivity contribution in [3.05, 3.63) is 35.9 Å². The highest BCUT2D eigenvalue weighted by Crippen LogP contribution is 2.23. The normalized spacial score (nSPS) is 14.2. The molecule has 3 N–H and O–H groups in total. The van der Waals surface area contributed by atoms with Gasteiger partial charge < -0.3 is 15.4 Å². The van der Waals surface area contributed by atoms with Gasteiger partial charge in [-0.05, 0) is 44.1 Å². The predicted molar refractivity (Wildman–Crippen MR) is 123 cm³/mol. The van der Waals surface area contributed by atoms with Crippen LogP contribution in [0.15, 0.2) is 30.3 Å². The molecule has 1 aromatic carbocycles. The summed E-state index contributed by atoms with van der Waals surface area (Å²) in [5.41, 5.74) is 0.615. The second kappa shape index (κ2) is 13.9. The van der Waals surface area contributed by atoms with Crippen LogP contribution in [0.5, 0.6) is 0 Å². The lowest BCUT2D eigenvalue weighted by molar-refractivity contribution is -0.166. The number of carbonyl (C=O) groups excluding carboxylic acids is 3. The monoisotopic (exact) mass is 449 g/mol. The summed E-state index contributed by atoms with van der Waals surface area (Å²) in [6.45, 7) is 10.4. The molecule has 32 heavy (non-hydrogen) atoms. The van der Waals surface area contributed by atoms with Gasteiger partial charge >= 0.3 is 0 Å². The maximum atomic E-state index is 13.2. The van der Waals surface area contributed by atoms with Gasteiger partial charge in [-0.1, -0.05) is 51.1 Å².